The van der Waals surface area contributed by atoms with E-state index in [1.807, 2.05) is 26.0 Å². The Kier molecular flexibility index (Phi) is 6.36. The molecule has 5 rings (SSSR count). The Hall–Kier alpha value is -3.19. The van der Waals surface area contributed by atoms with Gasteiger partial charge in [-0.25, -0.2) is 0 Å². The Labute approximate surface area is 208 Å². The molecule has 1 aliphatic heterocycles. The van der Waals surface area contributed by atoms with Crippen LogP contribution in [0.4, 0.5) is 5.69 Å². The van der Waals surface area contributed by atoms with Crippen molar-refractivity contribution in [1.82, 2.24) is 25.2 Å². The van der Waals surface area contributed by atoms with Crippen molar-refractivity contribution < 1.29 is 4.79 Å². The molecule has 1 fully saturated rings. The quantitative estimate of drug-likeness (QED) is 0.629. The van der Waals surface area contributed by atoms with E-state index in [1.54, 1.807) is 4.80 Å². The molecule has 1 aromatic heterocycles. The zero-order valence-electron chi connectivity index (χ0n) is 21.6. The lowest BCUT2D eigenvalue weighted by Crippen LogP contribution is -2.45. The highest BCUT2D eigenvalue weighted by atomic mass is 16.2. The fourth-order valence-corrected chi connectivity index (χ4v) is 5.49. The Morgan fingerprint density at radius 3 is 2.40 bits per heavy atom. The van der Waals surface area contributed by atoms with Crippen LogP contribution in [-0.4, -0.2) is 65.1 Å². The van der Waals surface area contributed by atoms with Gasteiger partial charge in [0.1, 0.15) is 0 Å². The summed E-state index contributed by atoms with van der Waals surface area (Å²) in [6, 6.07) is 10.8. The van der Waals surface area contributed by atoms with Gasteiger partial charge >= 0.3 is 0 Å². The first-order chi connectivity index (χ1) is 16.8. The number of benzene rings is 2. The number of carbonyl (C=O) groups excluding carboxylic acids is 1. The maximum absolute atomic E-state index is 13.3. The molecule has 7 nitrogen and oxygen atoms in total. The molecule has 1 N–H and O–H groups in total. The molecule has 1 atom stereocenters. The van der Waals surface area contributed by atoms with Crippen molar-refractivity contribution in [2.45, 2.75) is 53.0 Å². The number of hydrogen-bond acceptors (Lipinski definition) is 5. The van der Waals surface area contributed by atoms with Crippen LogP contribution in [-0.2, 0) is 12.8 Å². The second kappa shape index (κ2) is 9.46. The summed E-state index contributed by atoms with van der Waals surface area (Å²) in [4.78, 5) is 19.8. The number of aromatic nitrogens is 3. The predicted molar refractivity (Wildman–Crippen MR) is 140 cm³/mol. The Bertz CT molecular complexity index is 1250. The minimum atomic E-state index is -0.138. The first-order valence-electron chi connectivity index (χ1n) is 12.7. The first kappa shape index (κ1) is 23.5. The van der Waals surface area contributed by atoms with Crippen LogP contribution in [0.2, 0.25) is 0 Å². The van der Waals surface area contributed by atoms with Gasteiger partial charge in [0, 0.05) is 37.9 Å². The van der Waals surface area contributed by atoms with E-state index in [0.717, 1.165) is 56.7 Å². The second-order valence-electron chi connectivity index (χ2n) is 10.3. The number of fused-ring (bicyclic) bond motifs is 1. The van der Waals surface area contributed by atoms with Crippen molar-refractivity contribution >= 4 is 11.6 Å². The van der Waals surface area contributed by atoms with Crippen LogP contribution in [0.15, 0.2) is 30.3 Å². The van der Waals surface area contributed by atoms with E-state index < -0.39 is 0 Å². The standard InChI is InChI=1S/C28H36N6O/c1-18-6-10-25(20(3)16-18)34-30-21(4)27(31-34)28(35)29-22-8-9-23-19(2)7-11-26(24(23)17-22)33-14-12-32(5)13-15-33/h6-7,10-11,16,22H,8-9,12-15,17H2,1-5H3,(H,29,35)/t22-/m1/s1. The van der Waals surface area contributed by atoms with E-state index in [2.05, 4.69) is 64.4 Å². The molecule has 35 heavy (non-hydrogen) atoms. The smallest absolute Gasteiger partial charge is 0.273 e. The minimum absolute atomic E-state index is 0.0914. The van der Waals surface area contributed by atoms with Crippen LogP contribution in [0.3, 0.4) is 0 Å². The average Bonchev–Trinajstić information content (AvgIpc) is 3.21. The summed E-state index contributed by atoms with van der Waals surface area (Å²) in [6.07, 6.45) is 2.78. The number of likely N-dealkylation sites (N-methyl/N-ethyl adjacent to an activating group) is 1. The highest BCUT2D eigenvalue weighted by molar-refractivity contribution is 5.93. The van der Waals surface area contributed by atoms with E-state index in [9.17, 15) is 4.79 Å². The van der Waals surface area contributed by atoms with Crippen LogP contribution in [0.25, 0.3) is 5.69 Å². The molecule has 1 aliphatic carbocycles. The zero-order valence-corrected chi connectivity index (χ0v) is 21.6. The number of piperazine rings is 1. The molecule has 7 heteroatoms. The maximum atomic E-state index is 13.3. The van der Waals surface area contributed by atoms with E-state index >= 15 is 0 Å². The Morgan fingerprint density at radius 1 is 0.914 bits per heavy atom. The number of aryl methyl sites for hydroxylation is 4. The lowest BCUT2D eigenvalue weighted by Gasteiger charge is -2.37. The molecular formula is C28H36N6O. The molecular weight excluding hydrogens is 436 g/mol. The molecule has 2 aromatic carbocycles. The van der Waals surface area contributed by atoms with Crippen molar-refractivity contribution in [3.63, 3.8) is 0 Å². The SMILES string of the molecule is Cc1ccc(-n2nc(C)c(C(=O)N[C@@H]3CCc4c(C)ccc(N5CCN(C)CC5)c4C3)n2)c(C)c1. The minimum Gasteiger partial charge on any atom is -0.369 e. The number of rotatable bonds is 4. The van der Waals surface area contributed by atoms with Crippen molar-refractivity contribution in [3.8, 4) is 5.69 Å². The first-order valence-corrected chi connectivity index (χ1v) is 12.7. The third-order valence-corrected chi connectivity index (χ3v) is 7.58. The lowest BCUT2D eigenvalue weighted by molar-refractivity contribution is 0.0927. The van der Waals surface area contributed by atoms with Crippen LogP contribution in [0.5, 0.6) is 0 Å². The van der Waals surface area contributed by atoms with Gasteiger partial charge < -0.3 is 15.1 Å². The van der Waals surface area contributed by atoms with Crippen molar-refractivity contribution in [3.05, 3.63) is 69.5 Å². The average molecular weight is 473 g/mol. The number of carbonyl (C=O) groups is 1. The molecule has 1 amide bonds. The normalized spacial score (nSPS) is 18.4. The molecule has 0 radical (unpaired) electrons. The Balaban J connectivity index is 1.35. The summed E-state index contributed by atoms with van der Waals surface area (Å²) in [5.74, 6) is -0.138. The van der Waals surface area contributed by atoms with Crippen LogP contribution < -0.4 is 10.2 Å². The van der Waals surface area contributed by atoms with E-state index in [4.69, 9.17) is 0 Å². The van der Waals surface area contributed by atoms with E-state index in [1.165, 1.54) is 27.9 Å². The molecule has 0 unspecified atom stereocenters. The molecule has 0 spiro atoms. The molecule has 3 aromatic rings. The van der Waals surface area contributed by atoms with Gasteiger partial charge in [-0.05, 0) is 88.4 Å². The topological polar surface area (TPSA) is 66.3 Å². The van der Waals surface area contributed by atoms with Gasteiger partial charge in [-0.15, -0.1) is 5.10 Å². The predicted octanol–water partition coefficient (Wildman–Crippen LogP) is 3.54. The van der Waals surface area contributed by atoms with Gasteiger partial charge in [0.05, 0.1) is 11.4 Å². The molecule has 1 saturated heterocycles. The van der Waals surface area contributed by atoms with Crippen LogP contribution in [0, 0.1) is 27.7 Å². The van der Waals surface area contributed by atoms with Gasteiger partial charge in [-0.1, -0.05) is 23.8 Å². The molecule has 0 bridgehead atoms. The zero-order chi connectivity index (χ0) is 24.7. The third-order valence-electron chi connectivity index (χ3n) is 7.58. The van der Waals surface area contributed by atoms with Crippen molar-refractivity contribution in [2.24, 2.45) is 0 Å². The second-order valence-corrected chi connectivity index (χ2v) is 10.3. The van der Waals surface area contributed by atoms with E-state index in [-0.39, 0.29) is 11.9 Å². The number of anilines is 1. The van der Waals surface area contributed by atoms with Gasteiger partial charge in [0.25, 0.3) is 5.91 Å². The molecule has 2 heterocycles. The Morgan fingerprint density at radius 2 is 1.66 bits per heavy atom. The van der Waals surface area contributed by atoms with E-state index in [0.29, 0.717) is 11.4 Å². The summed E-state index contributed by atoms with van der Waals surface area (Å²) in [5.41, 5.74) is 9.79. The summed E-state index contributed by atoms with van der Waals surface area (Å²) >= 11 is 0. The largest absolute Gasteiger partial charge is 0.369 e. The lowest BCUT2D eigenvalue weighted by atomic mass is 9.84. The summed E-state index contributed by atoms with van der Waals surface area (Å²) < 4.78 is 0. The molecule has 184 valence electrons. The fraction of sp³-hybridized carbons (Fsp3) is 0.464. The highest BCUT2D eigenvalue weighted by Gasteiger charge is 2.28. The third kappa shape index (κ3) is 4.69. The molecule has 2 aliphatic rings. The number of amides is 1. The summed E-state index contributed by atoms with van der Waals surface area (Å²) in [6.45, 7) is 12.4. The monoisotopic (exact) mass is 472 g/mol. The van der Waals surface area contributed by atoms with Gasteiger partial charge in [-0.2, -0.15) is 9.90 Å². The van der Waals surface area contributed by atoms with Gasteiger partial charge in [0.2, 0.25) is 0 Å². The van der Waals surface area contributed by atoms with Crippen molar-refractivity contribution in [2.75, 3.05) is 38.1 Å². The fourth-order valence-electron chi connectivity index (χ4n) is 5.49. The number of nitrogens with one attached hydrogen (secondary N) is 1. The van der Waals surface area contributed by atoms with Gasteiger partial charge in [-0.3, -0.25) is 4.79 Å². The van der Waals surface area contributed by atoms with Gasteiger partial charge in [0.15, 0.2) is 5.69 Å². The summed E-state index contributed by atoms with van der Waals surface area (Å²) in [7, 11) is 2.19. The molecule has 0 saturated carbocycles. The number of hydrogen-bond donors (Lipinski definition) is 1. The number of nitrogens with zero attached hydrogens (tertiary/aromatic N) is 5. The van der Waals surface area contributed by atoms with Crippen LogP contribution >= 0.6 is 0 Å². The van der Waals surface area contributed by atoms with Crippen LogP contribution in [0.1, 0.15) is 50.4 Å². The highest BCUT2D eigenvalue weighted by Crippen LogP contribution is 2.33. The van der Waals surface area contributed by atoms with Crippen molar-refractivity contribution in [1.29, 1.82) is 0 Å². The summed E-state index contributed by atoms with van der Waals surface area (Å²) in [5, 5.41) is 12.4. The maximum Gasteiger partial charge on any atom is 0.273 e.